The number of hydrogen-bond acceptors (Lipinski definition) is 6. The average molecular weight is 433 g/mol. The molecule has 160 valence electrons. The molecule has 1 fully saturated rings. The SMILES string of the molecule is CC(=O)c1c[nH]c(C(=O)OC(C)C(=O)N2CCN(S(=O)(=O)c3ccccc3)CC2)c1. The Kier molecular flexibility index (Phi) is 6.37. The van der Waals surface area contributed by atoms with E-state index in [1.807, 2.05) is 0 Å². The molecule has 0 spiro atoms. The summed E-state index contributed by atoms with van der Waals surface area (Å²) >= 11 is 0. The number of sulfonamides is 1. The molecule has 0 radical (unpaired) electrons. The highest BCUT2D eigenvalue weighted by Gasteiger charge is 2.32. The maximum atomic E-state index is 12.7. The van der Waals surface area contributed by atoms with Gasteiger partial charge in [-0.15, -0.1) is 0 Å². The van der Waals surface area contributed by atoms with Crippen LogP contribution in [-0.4, -0.2) is 72.5 Å². The average Bonchev–Trinajstić information content (AvgIpc) is 3.25. The number of rotatable bonds is 6. The second-order valence-corrected chi connectivity index (χ2v) is 8.89. The normalized spacial score (nSPS) is 16.1. The van der Waals surface area contributed by atoms with E-state index in [0.29, 0.717) is 5.56 Å². The molecule has 3 rings (SSSR count). The smallest absolute Gasteiger partial charge is 0.355 e. The number of carbonyl (C=O) groups excluding carboxylic acids is 3. The molecule has 0 aliphatic carbocycles. The molecule has 2 aromatic rings. The minimum atomic E-state index is -3.61. The number of ether oxygens (including phenoxy) is 1. The van der Waals surface area contributed by atoms with Crippen molar-refractivity contribution in [1.82, 2.24) is 14.2 Å². The molecule has 1 aliphatic rings. The zero-order valence-electron chi connectivity index (χ0n) is 16.7. The van der Waals surface area contributed by atoms with Gasteiger partial charge in [0.15, 0.2) is 11.9 Å². The molecular weight excluding hydrogens is 410 g/mol. The van der Waals surface area contributed by atoms with Gasteiger partial charge in [0.2, 0.25) is 10.0 Å². The molecule has 0 saturated carbocycles. The third-order valence-corrected chi connectivity index (χ3v) is 6.79. The van der Waals surface area contributed by atoms with E-state index >= 15 is 0 Å². The lowest BCUT2D eigenvalue weighted by atomic mass is 10.2. The van der Waals surface area contributed by atoms with Gasteiger partial charge in [0, 0.05) is 37.9 Å². The van der Waals surface area contributed by atoms with Crippen LogP contribution in [0.15, 0.2) is 47.5 Å². The first kappa shape index (κ1) is 21.7. The number of aromatic nitrogens is 1. The summed E-state index contributed by atoms with van der Waals surface area (Å²) in [4.78, 5) is 40.5. The van der Waals surface area contributed by atoms with Crippen LogP contribution in [0.1, 0.15) is 34.7 Å². The molecule has 1 amide bonds. The van der Waals surface area contributed by atoms with Gasteiger partial charge in [-0.25, -0.2) is 13.2 Å². The molecule has 1 unspecified atom stereocenters. The van der Waals surface area contributed by atoms with Gasteiger partial charge in [-0.1, -0.05) is 18.2 Å². The van der Waals surface area contributed by atoms with Crippen molar-refractivity contribution < 1.29 is 27.5 Å². The molecule has 1 N–H and O–H groups in total. The fourth-order valence-electron chi connectivity index (χ4n) is 3.14. The van der Waals surface area contributed by atoms with Crippen molar-refractivity contribution in [2.24, 2.45) is 0 Å². The number of aromatic amines is 1. The van der Waals surface area contributed by atoms with E-state index in [9.17, 15) is 22.8 Å². The number of carbonyl (C=O) groups is 3. The van der Waals surface area contributed by atoms with E-state index in [-0.39, 0.29) is 42.6 Å². The van der Waals surface area contributed by atoms with Gasteiger partial charge in [-0.2, -0.15) is 4.31 Å². The molecule has 9 nitrogen and oxygen atoms in total. The number of H-pyrrole nitrogens is 1. The second-order valence-electron chi connectivity index (χ2n) is 6.95. The lowest BCUT2D eigenvalue weighted by Gasteiger charge is -2.35. The van der Waals surface area contributed by atoms with Gasteiger partial charge in [-0.05, 0) is 32.0 Å². The molecular formula is C20H23N3O6S. The van der Waals surface area contributed by atoms with Crippen molar-refractivity contribution in [1.29, 1.82) is 0 Å². The summed E-state index contributed by atoms with van der Waals surface area (Å²) in [5, 5.41) is 0. The number of nitrogens with zero attached hydrogens (tertiary/aromatic N) is 2. The van der Waals surface area contributed by atoms with E-state index in [2.05, 4.69) is 4.98 Å². The molecule has 1 aromatic heterocycles. The van der Waals surface area contributed by atoms with Crippen molar-refractivity contribution in [2.75, 3.05) is 26.2 Å². The van der Waals surface area contributed by atoms with Gasteiger partial charge in [-0.3, -0.25) is 9.59 Å². The number of benzene rings is 1. The van der Waals surface area contributed by atoms with E-state index < -0.39 is 28.0 Å². The highest BCUT2D eigenvalue weighted by atomic mass is 32.2. The minimum Gasteiger partial charge on any atom is -0.448 e. The van der Waals surface area contributed by atoms with Gasteiger partial charge >= 0.3 is 5.97 Å². The molecule has 1 saturated heterocycles. The minimum absolute atomic E-state index is 0.0821. The fraction of sp³-hybridized carbons (Fsp3) is 0.350. The Morgan fingerprint density at radius 2 is 1.70 bits per heavy atom. The van der Waals surface area contributed by atoms with Gasteiger partial charge < -0.3 is 14.6 Å². The van der Waals surface area contributed by atoms with Crippen LogP contribution in [0.25, 0.3) is 0 Å². The summed E-state index contributed by atoms with van der Waals surface area (Å²) in [6.07, 6.45) is 0.358. The quantitative estimate of drug-likeness (QED) is 0.542. The summed E-state index contributed by atoms with van der Waals surface area (Å²) in [5.74, 6) is -1.34. The molecule has 0 bridgehead atoms. The number of esters is 1. The lowest BCUT2D eigenvalue weighted by molar-refractivity contribution is -0.141. The largest absolute Gasteiger partial charge is 0.448 e. The fourth-order valence-corrected chi connectivity index (χ4v) is 4.58. The first-order chi connectivity index (χ1) is 14.2. The Balaban J connectivity index is 1.56. The summed E-state index contributed by atoms with van der Waals surface area (Å²) in [7, 11) is -3.61. The van der Waals surface area contributed by atoms with Gasteiger partial charge in [0.25, 0.3) is 5.91 Å². The Labute approximate surface area is 174 Å². The molecule has 2 heterocycles. The molecule has 10 heteroatoms. The summed E-state index contributed by atoms with van der Waals surface area (Å²) < 4.78 is 31.9. The van der Waals surface area contributed by atoms with Crippen LogP contribution in [0, 0.1) is 0 Å². The van der Waals surface area contributed by atoms with E-state index in [0.717, 1.165) is 0 Å². The summed E-state index contributed by atoms with van der Waals surface area (Å²) in [5.41, 5.74) is 0.426. The van der Waals surface area contributed by atoms with E-state index in [1.165, 1.54) is 47.4 Å². The highest BCUT2D eigenvalue weighted by molar-refractivity contribution is 7.89. The Morgan fingerprint density at radius 1 is 1.07 bits per heavy atom. The molecule has 30 heavy (non-hydrogen) atoms. The topological polar surface area (TPSA) is 117 Å². The van der Waals surface area contributed by atoms with Crippen LogP contribution in [-0.2, 0) is 19.6 Å². The summed E-state index contributed by atoms with van der Waals surface area (Å²) in [6, 6.07) is 9.50. The van der Waals surface area contributed by atoms with Crippen molar-refractivity contribution in [3.05, 3.63) is 53.9 Å². The lowest BCUT2D eigenvalue weighted by Crippen LogP contribution is -2.52. The third kappa shape index (κ3) is 4.60. The highest BCUT2D eigenvalue weighted by Crippen LogP contribution is 2.18. The zero-order chi connectivity index (χ0) is 21.9. The maximum absolute atomic E-state index is 12.7. The van der Waals surface area contributed by atoms with Crippen LogP contribution < -0.4 is 0 Å². The zero-order valence-corrected chi connectivity index (χ0v) is 17.5. The van der Waals surface area contributed by atoms with Crippen LogP contribution in [0.3, 0.4) is 0 Å². The second kappa shape index (κ2) is 8.80. The molecule has 1 aliphatic heterocycles. The number of Topliss-reactive ketones (excluding diaryl/α,β-unsaturated/α-hetero) is 1. The van der Waals surface area contributed by atoms with Crippen molar-refractivity contribution >= 4 is 27.7 Å². The summed E-state index contributed by atoms with van der Waals surface area (Å²) in [6.45, 7) is 3.54. The number of piperazine rings is 1. The van der Waals surface area contributed by atoms with Gasteiger partial charge in [0.05, 0.1) is 4.90 Å². The Morgan fingerprint density at radius 3 is 2.27 bits per heavy atom. The van der Waals surface area contributed by atoms with E-state index in [4.69, 9.17) is 4.74 Å². The van der Waals surface area contributed by atoms with Crippen molar-refractivity contribution in [3.8, 4) is 0 Å². The van der Waals surface area contributed by atoms with E-state index in [1.54, 1.807) is 18.2 Å². The predicted octanol–water partition coefficient (Wildman–Crippen LogP) is 1.30. The monoisotopic (exact) mass is 433 g/mol. The van der Waals surface area contributed by atoms with Crippen molar-refractivity contribution in [3.63, 3.8) is 0 Å². The van der Waals surface area contributed by atoms with Crippen LogP contribution >= 0.6 is 0 Å². The molecule has 1 atom stereocenters. The van der Waals surface area contributed by atoms with Gasteiger partial charge in [0.1, 0.15) is 5.69 Å². The number of amides is 1. The maximum Gasteiger partial charge on any atom is 0.355 e. The van der Waals surface area contributed by atoms with Crippen LogP contribution in [0.2, 0.25) is 0 Å². The Hall–Kier alpha value is -2.98. The van der Waals surface area contributed by atoms with Crippen LogP contribution in [0.4, 0.5) is 0 Å². The van der Waals surface area contributed by atoms with Crippen LogP contribution in [0.5, 0.6) is 0 Å². The first-order valence-corrected chi connectivity index (χ1v) is 10.9. The number of hydrogen-bond donors (Lipinski definition) is 1. The number of nitrogens with one attached hydrogen (secondary N) is 1. The number of ketones is 1. The molecule has 1 aromatic carbocycles. The van der Waals surface area contributed by atoms with Crippen molar-refractivity contribution in [2.45, 2.75) is 24.8 Å². The predicted molar refractivity (Wildman–Crippen MR) is 107 cm³/mol. The first-order valence-electron chi connectivity index (χ1n) is 9.44. The third-order valence-electron chi connectivity index (χ3n) is 4.87. The Bertz CT molecular complexity index is 1040. The standard InChI is InChI=1S/C20H23N3O6S/c1-14(24)16-12-18(21-13-16)20(26)29-15(2)19(25)22-8-10-23(11-9-22)30(27,28)17-6-4-3-5-7-17/h3-7,12-13,15,21H,8-11H2,1-2H3.